The normalized spacial score (nSPS) is 7.00. The van der Waals surface area contributed by atoms with Crippen LogP contribution in [0, 0.1) is 0 Å². The first kappa shape index (κ1) is 5.19. The van der Waals surface area contributed by atoms with Gasteiger partial charge in [0.15, 0.2) is 0 Å². The molecule has 0 amide bonds. The summed E-state index contributed by atoms with van der Waals surface area (Å²) in [5, 5.41) is 0. The minimum atomic E-state index is -1.10. The van der Waals surface area contributed by atoms with E-state index in [0.717, 1.165) is 0 Å². The molecule has 0 atom stereocenters. The number of carbonyl (C=O) groups excluding carboxylic acids is 1. The van der Waals surface area contributed by atoms with Gasteiger partial charge < -0.3 is 9.68 Å². The van der Waals surface area contributed by atoms with Gasteiger partial charge in [0.25, 0.3) is 0 Å². The highest BCUT2D eigenvalue weighted by atomic mass is 16.8. The Kier molecular flexibility index (Phi) is 2.10. The van der Waals surface area contributed by atoms with Crippen LogP contribution in [-0.4, -0.2) is 6.16 Å². The van der Waals surface area contributed by atoms with Crippen LogP contribution in [0.3, 0.4) is 0 Å². The highest BCUT2D eigenvalue weighted by Crippen LogP contribution is 1.65. The van der Waals surface area contributed by atoms with E-state index in [9.17, 15) is 4.79 Å². The van der Waals surface area contributed by atoms with Crippen molar-refractivity contribution in [3.05, 3.63) is 0 Å². The fraction of sp³-hybridized carbons (Fsp3) is 0. The summed E-state index contributed by atoms with van der Waals surface area (Å²) in [5.74, 6) is 8.46. The Bertz CT molecular complexity index is 46.8. The second-order valence-corrected chi connectivity index (χ2v) is 0.486. The summed E-state index contributed by atoms with van der Waals surface area (Å²) >= 11 is 0. The molecule has 0 aromatic rings. The van der Waals surface area contributed by atoms with Gasteiger partial charge in [-0.2, -0.15) is 16.6 Å². The second-order valence-electron chi connectivity index (χ2n) is 0.486. The van der Waals surface area contributed by atoms with Crippen LogP contribution in [0.1, 0.15) is 0 Å². The van der Waals surface area contributed by atoms with Crippen molar-refractivity contribution < 1.29 is 14.5 Å². The van der Waals surface area contributed by atoms with Crippen LogP contribution in [0.4, 0.5) is 4.79 Å². The Morgan fingerprint density at radius 1 is 1.33 bits per heavy atom. The lowest BCUT2D eigenvalue weighted by Gasteiger charge is -1.87. The molecule has 0 aliphatic carbocycles. The van der Waals surface area contributed by atoms with Crippen molar-refractivity contribution in [3.8, 4) is 0 Å². The molecule has 0 unspecified atom stereocenters. The summed E-state index contributed by atoms with van der Waals surface area (Å²) in [6.45, 7) is 0. The first-order valence-corrected chi connectivity index (χ1v) is 1.08. The Labute approximate surface area is 33.7 Å². The topological polar surface area (TPSA) is 87.6 Å². The van der Waals surface area contributed by atoms with Crippen LogP contribution in [-0.2, 0) is 9.68 Å². The summed E-state index contributed by atoms with van der Waals surface area (Å²) in [4.78, 5) is 16.3. The smallest absolute Gasteiger partial charge is 0.340 e. The SMILES string of the molecule is NOC(=O)ON. The molecule has 0 spiro atoms. The van der Waals surface area contributed by atoms with E-state index >= 15 is 0 Å². The number of carbonyl (C=O) groups is 1. The van der Waals surface area contributed by atoms with Crippen molar-refractivity contribution >= 4 is 6.16 Å². The maximum Gasteiger partial charge on any atom is 0.546 e. The summed E-state index contributed by atoms with van der Waals surface area (Å²) in [6.07, 6.45) is -1.10. The second kappa shape index (κ2) is 2.43. The van der Waals surface area contributed by atoms with E-state index in [-0.39, 0.29) is 0 Å². The van der Waals surface area contributed by atoms with E-state index in [1.807, 2.05) is 0 Å². The molecule has 0 radical (unpaired) electrons. The van der Waals surface area contributed by atoms with Crippen LogP contribution < -0.4 is 11.8 Å². The van der Waals surface area contributed by atoms with E-state index in [1.165, 1.54) is 0 Å². The first-order chi connectivity index (χ1) is 2.81. The molecule has 0 heterocycles. The van der Waals surface area contributed by atoms with Crippen molar-refractivity contribution in [2.75, 3.05) is 0 Å². The molecule has 0 rings (SSSR count). The average molecular weight is 92.1 g/mol. The Morgan fingerprint density at radius 3 is 1.67 bits per heavy atom. The minimum absolute atomic E-state index is 1.10. The molecular weight excluding hydrogens is 88.0 g/mol. The number of nitrogens with two attached hydrogens (primary N) is 2. The van der Waals surface area contributed by atoms with Crippen LogP contribution in [0.5, 0.6) is 0 Å². The van der Waals surface area contributed by atoms with Gasteiger partial charge in [-0.15, -0.1) is 0 Å². The maximum atomic E-state index is 9.49. The highest BCUT2D eigenvalue weighted by Gasteiger charge is 1.91. The van der Waals surface area contributed by atoms with Gasteiger partial charge in [0.1, 0.15) is 0 Å². The third-order valence-electron chi connectivity index (χ3n) is 0.192. The molecule has 0 aromatic heterocycles. The fourth-order valence-corrected chi connectivity index (χ4v) is 0.0278. The molecule has 0 saturated heterocycles. The lowest BCUT2D eigenvalue weighted by molar-refractivity contribution is 0.0551. The number of hydrogen-bond donors (Lipinski definition) is 2. The maximum absolute atomic E-state index is 9.49. The van der Waals surface area contributed by atoms with Crippen molar-refractivity contribution in [1.29, 1.82) is 0 Å². The van der Waals surface area contributed by atoms with E-state index in [0.29, 0.717) is 0 Å². The first-order valence-electron chi connectivity index (χ1n) is 1.08. The summed E-state index contributed by atoms with van der Waals surface area (Å²) in [5.41, 5.74) is 0. The molecule has 5 heteroatoms. The monoisotopic (exact) mass is 92.0 g/mol. The molecule has 0 aromatic carbocycles. The van der Waals surface area contributed by atoms with Gasteiger partial charge in [0.05, 0.1) is 0 Å². The third-order valence-corrected chi connectivity index (χ3v) is 0.192. The largest absolute Gasteiger partial charge is 0.546 e. The highest BCUT2D eigenvalue weighted by molar-refractivity contribution is 5.58. The van der Waals surface area contributed by atoms with E-state index in [4.69, 9.17) is 0 Å². The van der Waals surface area contributed by atoms with Crippen LogP contribution in [0.25, 0.3) is 0 Å². The molecule has 36 valence electrons. The Morgan fingerprint density at radius 2 is 1.67 bits per heavy atom. The van der Waals surface area contributed by atoms with E-state index < -0.39 is 6.16 Å². The standard InChI is InChI=1S/CH4N2O3/c2-5-1(4)6-3/h2-3H2. The summed E-state index contributed by atoms with van der Waals surface area (Å²) in [6, 6.07) is 0. The van der Waals surface area contributed by atoms with E-state index in [2.05, 4.69) is 21.5 Å². The van der Waals surface area contributed by atoms with E-state index in [1.54, 1.807) is 0 Å². The Hall–Kier alpha value is -0.810. The zero-order valence-electron chi connectivity index (χ0n) is 2.88. The van der Waals surface area contributed by atoms with Crippen molar-refractivity contribution in [3.63, 3.8) is 0 Å². The van der Waals surface area contributed by atoms with Gasteiger partial charge in [-0.3, -0.25) is 0 Å². The number of hydrogen-bond acceptors (Lipinski definition) is 5. The van der Waals surface area contributed by atoms with Gasteiger partial charge in [-0.25, -0.2) is 0 Å². The zero-order chi connectivity index (χ0) is 4.99. The molecule has 0 aliphatic rings. The lowest BCUT2D eigenvalue weighted by Crippen LogP contribution is -2.15. The average Bonchev–Trinajstić information content (AvgIpc) is 1.65. The molecule has 0 fully saturated rings. The fourth-order valence-electron chi connectivity index (χ4n) is 0.0278. The Balaban J connectivity index is 2.99. The molecular formula is CH4N2O3. The minimum Gasteiger partial charge on any atom is -0.340 e. The van der Waals surface area contributed by atoms with Crippen molar-refractivity contribution in [1.82, 2.24) is 0 Å². The predicted molar refractivity (Wildman–Crippen MR) is 15.9 cm³/mol. The quantitative estimate of drug-likeness (QED) is 0.370. The van der Waals surface area contributed by atoms with Crippen LogP contribution in [0.2, 0.25) is 0 Å². The van der Waals surface area contributed by atoms with Crippen molar-refractivity contribution in [2.24, 2.45) is 11.8 Å². The van der Waals surface area contributed by atoms with Gasteiger partial charge >= 0.3 is 6.16 Å². The van der Waals surface area contributed by atoms with Gasteiger partial charge in [0.2, 0.25) is 0 Å². The molecule has 0 saturated carbocycles. The van der Waals surface area contributed by atoms with Gasteiger partial charge in [-0.1, -0.05) is 0 Å². The lowest BCUT2D eigenvalue weighted by atomic mass is 11.4. The van der Waals surface area contributed by atoms with Gasteiger partial charge in [0, 0.05) is 0 Å². The summed E-state index contributed by atoms with van der Waals surface area (Å²) < 4.78 is 0. The molecule has 0 aliphatic heterocycles. The molecule has 5 nitrogen and oxygen atoms in total. The zero-order valence-corrected chi connectivity index (χ0v) is 2.88. The summed E-state index contributed by atoms with van der Waals surface area (Å²) in [7, 11) is 0. The molecule has 6 heavy (non-hydrogen) atoms. The predicted octanol–water partition coefficient (Wildman–Crippen LogP) is -1.11. The molecule has 4 N–H and O–H groups in total. The van der Waals surface area contributed by atoms with Crippen LogP contribution >= 0.6 is 0 Å². The van der Waals surface area contributed by atoms with Crippen LogP contribution in [0.15, 0.2) is 0 Å². The third kappa shape index (κ3) is 1.50. The number of rotatable bonds is 0. The molecule has 0 bridgehead atoms. The van der Waals surface area contributed by atoms with Crippen molar-refractivity contribution in [2.45, 2.75) is 0 Å². The van der Waals surface area contributed by atoms with Gasteiger partial charge in [-0.05, 0) is 0 Å².